The van der Waals surface area contributed by atoms with E-state index >= 15 is 0 Å². The Balaban J connectivity index is 1.41. The third-order valence-electron chi connectivity index (χ3n) is 9.19. The first-order valence-electron chi connectivity index (χ1n) is 14.7. The van der Waals surface area contributed by atoms with Gasteiger partial charge in [0.15, 0.2) is 0 Å². The zero-order chi connectivity index (χ0) is 30.7. The first-order valence-corrected chi connectivity index (χ1v) is 16.3. The van der Waals surface area contributed by atoms with Gasteiger partial charge in [0.05, 0.1) is 8.95 Å². The van der Waals surface area contributed by atoms with Crippen molar-refractivity contribution in [2.24, 2.45) is 0 Å². The van der Waals surface area contributed by atoms with E-state index in [4.69, 9.17) is 4.74 Å². The summed E-state index contributed by atoms with van der Waals surface area (Å²) in [4.78, 5) is 47.8. The van der Waals surface area contributed by atoms with Crippen LogP contribution in [0, 0.1) is 0 Å². The van der Waals surface area contributed by atoms with Crippen LogP contribution < -0.4 is 5.32 Å². The summed E-state index contributed by atoms with van der Waals surface area (Å²) in [5, 5.41) is 13.2. The Kier molecular flexibility index (Phi) is 10.00. The first kappa shape index (κ1) is 31.7. The Labute approximate surface area is 269 Å². The standard InChI is InChI=1S/C31H39Br2N5O5/c1-35(2)23-8-12-36(13-9-23)31(11-16-39)19-24(37-14-7-22-5-3-4-6-27(22)34-29(37)41)10-15-38(31)30(42)43-20-21-17-25(32)28(40)26(33)18-21/h3-6,16-18,23-24,40H,7-15,19-20H2,1-2H3,(H,34,41)/t24-,31+/m1/s1. The van der Waals surface area contributed by atoms with E-state index in [-0.39, 0.29) is 30.9 Å². The van der Waals surface area contributed by atoms with E-state index in [1.54, 1.807) is 17.0 Å². The minimum absolute atomic E-state index is 0.00288. The molecule has 0 unspecified atom stereocenters. The summed E-state index contributed by atoms with van der Waals surface area (Å²) in [6.45, 7) is 2.36. The molecule has 2 aromatic carbocycles. The van der Waals surface area contributed by atoms with E-state index in [9.17, 15) is 19.5 Å². The number of carbonyl (C=O) groups excluding carboxylic acids is 3. The molecule has 3 amide bonds. The molecule has 0 aromatic heterocycles. The number of nitrogens with zero attached hydrogens (tertiary/aromatic N) is 4. The maximum atomic E-state index is 13.9. The number of nitrogens with one attached hydrogen (secondary N) is 1. The van der Waals surface area contributed by atoms with Crippen LogP contribution in [0.4, 0.5) is 15.3 Å². The Bertz CT molecular complexity index is 1330. The van der Waals surface area contributed by atoms with Crippen molar-refractivity contribution in [3.8, 4) is 5.75 Å². The molecule has 2 atom stereocenters. The molecule has 3 heterocycles. The molecule has 232 valence electrons. The van der Waals surface area contributed by atoms with Gasteiger partial charge in [-0.1, -0.05) is 18.2 Å². The molecule has 2 fully saturated rings. The minimum atomic E-state index is -0.922. The SMILES string of the molecule is CN(C)C1CCN([C@]2(CC=O)C[C@H](N3CCc4ccccc4NC3=O)CCN2C(=O)OCc2cc(Br)c(O)c(Br)c2)CC1. The Hall–Kier alpha value is -2.67. The maximum absolute atomic E-state index is 13.9. The fraction of sp³-hybridized carbons (Fsp3) is 0.516. The van der Waals surface area contributed by atoms with Gasteiger partial charge >= 0.3 is 12.1 Å². The lowest BCUT2D eigenvalue weighted by molar-refractivity contribution is -0.128. The second kappa shape index (κ2) is 13.5. The fourth-order valence-corrected chi connectivity index (χ4v) is 8.10. The second-order valence-corrected chi connectivity index (χ2v) is 13.5. The van der Waals surface area contributed by atoms with Crippen molar-refractivity contribution < 1.29 is 24.2 Å². The number of benzene rings is 2. The van der Waals surface area contributed by atoms with Crippen LogP contribution in [-0.2, 0) is 22.6 Å². The lowest BCUT2D eigenvalue weighted by atomic mass is 9.84. The van der Waals surface area contributed by atoms with Crippen LogP contribution in [0.1, 0.15) is 43.2 Å². The van der Waals surface area contributed by atoms with Crippen LogP contribution in [0.3, 0.4) is 0 Å². The van der Waals surface area contributed by atoms with Crippen molar-refractivity contribution in [2.45, 2.75) is 62.9 Å². The Morgan fingerprint density at radius 1 is 1.12 bits per heavy atom. The van der Waals surface area contributed by atoms with Gasteiger partial charge in [0.25, 0.3) is 0 Å². The molecule has 0 spiro atoms. The molecular weight excluding hydrogens is 682 g/mol. The fourth-order valence-electron chi connectivity index (χ4n) is 6.82. The number of ether oxygens (including phenoxy) is 1. The lowest BCUT2D eigenvalue weighted by Crippen LogP contribution is -2.69. The number of phenolic OH excluding ortho intramolecular Hbond substituents is 1. The van der Waals surface area contributed by atoms with Gasteiger partial charge in [0.2, 0.25) is 0 Å². The summed E-state index contributed by atoms with van der Waals surface area (Å²) >= 11 is 6.67. The van der Waals surface area contributed by atoms with Crippen LogP contribution in [0.5, 0.6) is 5.75 Å². The number of urea groups is 1. The van der Waals surface area contributed by atoms with Crippen LogP contribution in [0.15, 0.2) is 45.3 Å². The lowest BCUT2D eigenvalue weighted by Gasteiger charge is -2.56. The number of amides is 3. The maximum Gasteiger partial charge on any atom is 0.411 e. The average Bonchev–Trinajstić information content (AvgIpc) is 3.16. The van der Waals surface area contributed by atoms with Crippen LogP contribution in [-0.4, -0.2) is 101 Å². The average molecular weight is 721 g/mol. The van der Waals surface area contributed by atoms with Crippen molar-refractivity contribution in [1.82, 2.24) is 19.6 Å². The van der Waals surface area contributed by atoms with Gasteiger partial charge < -0.3 is 29.8 Å². The summed E-state index contributed by atoms with van der Waals surface area (Å²) in [7, 11) is 4.16. The van der Waals surface area contributed by atoms with Gasteiger partial charge in [-0.15, -0.1) is 0 Å². The summed E-state index contributed by atoms with van der Waals surface area (Å²) in [6, 6.07) is 11.4. The number of rotatable bonds is 7. The van der Waals surface area contributed by atoms with E-state index in [1.165, 1.54) is 0 Å². The monoisotopic (exact) mass is 719 g/mol. The van der Waals surface area contributed by atoms with Crippen LogP contribution in [0.25, 0.3) is 0 Å². The zero-order valence-electron chi connectivity index (χ0n) is 24.6. The zero-order valence-corrected chi connectivity index (χ0v) is 27.8. The van der Waals surface area contributed by atoms with Crippen LogP contribution >= 0.6 is 31.9 Å². The number of halogens is 2. The molecule has 3 aliphatic heterocycles. The van der Waals surface area contributed by atoms with Crippen molar-refractivity contribution in [3.63, 3.8) is 0 Å². The molecule has 0 radical (unpaired) electrons. The summed E-state index contributed by atoms with van der Waals surface area (Å²) < 4.78 is 6.84. The third-order valence-corrected chi connectivity index (χ3v) is 10.4. The van der Waals surface area contributed by atoms with Gasteiger partial charge in [-0.2, -0.15) is 0 Å². The Morgan fingerprint density at radius 3 is 2.49 bits per heavy atom. The number of hydrogen-bond donors (Lipinski definition) is 2. The second-order valence-electron chi connectivity index (χ2n) is 11.8. The number of hydrogen-bond acceptors (Lipinski definition) is 7. The van der Waals surface area contributed by atoms with Crippen molar-refractivity contribution in [3.05, 3.63) is 56.5 Å². The quantitative estimate of drug-likeness (QED) is 0.368. The van der Waals surface area contributed by atoms with Crippen molar-refractivity contribution in [1.29, 1.82) is 0 Å². The summed E-state index contributed by atoms with van der Waals surface area (Å²) in [5.41, 5.74) is 1.70. The van der Waals surface area contributed by atoms with E-state index in [1.807, 2.05) is 29.2 Å². The van der Waals surface area contributed by atoms with E-state index in [2.05, 4.69) is 61.1 Å². The number of phenols is 1. The summed E-state index contributed by atoms with van der Waals surface area (Å²) in [6.07, 6.45) is 4.10. The number of anilines is 1. The predicted molar refractivity (Wildman–Crippen MR) is 171 cm³/mol. The van der Waals surface area contributed by atoms with E-state index in [0.29, 0.717) is 46.5 Å². The minimum Gasteiger partial charge on any atom is -0.506 e. The predicted octanol–water partition coefficient (Wildman–Crippen LogP) is 5.42. The molecule has 2 saturated heterocycles. The molecule has 0 bridgehead atoms. The highest BCUT2D eigenvalue weighted by atomic mass is 79.9. The molecule has 0 saturated carbocycles. The molecular formula is C31H39Br2N5O5. The smallest absolute Gasteiger partial charge is 0.411 e. The number of para-hydroxylation sites is 1. The van der Waals surface area contributed by atoms with Crippen molar-refractivity contribution in [2.75, 3.05) is 45.6 Å². The largest absolute Gasteiger partial charge is 0.506 e. The molecule has 10 nitrogen and oxygen atoms in total. The molecule has 5 rings (SSSR count). The van der Waals surface area contributed by atoms with Crippen LogP contribution in [0.2, 0.25) is 0 Å². The van der Waals surface area contributed by atoms with E-state index < -0.39 is 11.8 Å². The van der Waals surface area contributed by atoms with Crippen molar-refractivity contribution >= 4 is 56.0 Å². The van der Waals surface area contributed by atoms with Gasteiger partial charge in [0, 0.05) is 56.8 Å². The third kappa shape index (κ3) is 6.72. The first-order chi connectivity index (χ1) is 20.6. The molecule has 43 heavy (non-hydrogen) atoms. The van der Waals surface area contributed by atoms with Gasteiger partial charge in [-0.05, 0) is 101 Å². The summed E-state index contributed by atoms with van der Waals surface area (Å²) in [5.74, 6) is 0.0731. The molecule has 2 N–H and O–H groups in total. The molecule has 12 heteroatoms. The van der Waals surface area contributed by atoms with Gasteiger partial charge in [0.1, 0.15) is 24.3 Å². The molecule has 2 aromatic rings. The molecule has 0 aliphatic carbocycles. The molecule has 3 aliphatic rings. The number of piperidine rings is 2. The Morgan fingerprint density at radius 2 is 1.81 bits per heavy atom. The topological polar surface area (TPSA) is 106 Å². The highest BCUT2D eigenvalue weighted by Gasteiger charge is 2.51. The number of likely N-dealkylation sites (tertiary alicyclic amines) is 2. The van der Waals surface area contributed by atoms with Gasteiger partial charge in [-0.25, -0.2) is 9.59 Å². The van der Waals surface area contributed by atoms with Gasteiger partial charge in [-0.3, -0.25) is 9.80 Å². The number of fused-ring (bicyclic) bond motifs is 1. The highest BCUT2D eigenvalue weighted by molar-refractivity contribution is 9.11. The normalized spacial score (nSPS) is 23.5. The number of aromatic hydroxyl groups is 1. The number of carbonyl (C=O) groups is 3. The highest BCUT2D eigenvalue weighted by Crippen LogP contribution is 2.40. The van der Waals surface area contributed by atoms with E-state index in [0.717, 1.165) is 49.9 Å². The number of aldehydes is 1.